The maximum atomic E-state index is 12.0. The van der Waals surface area contributed by atoms with Crippen molar-refractivity contribution in [1.29, 1.82) is 0 Å². The molecule has 140 valence electrons. The van der Waals surface area contributed by atoms with Crippen molar-refractivity contribution in [3.8, 4) is 0 Å². The topological polar surface area (TPSA) is 78.8 Å². The Labute approximate surface area is 151 Å². The fraction of sp³-hybridized carbons (Fsp3) is 0.579. The number of allylic oxidation sites excluding steroid dienone is 3. The molecule has 1 unspecified atom stereocenters. The van der Waals surface area contributed by atoms with Crippen LogP contribution in [0.2, 0.25) is 0 Å². The molecular weight excluding hydrogens is 318 g/mol. The van der Waals surface area contributed by atoms with Gasteiger partial charge in [-0.25, -0.2) is 4.99 Å². The summed E-state index contributed by atoms with van der Waals surface area (Å²) in [7, 11) is 1.77. The Balaban J connectivity index is 0.00000277. The van der Waals surface area contributed by atoms with E-state index in [-0.39, 0.29) is 11.8 Å². The van der Waals surface area contributed by atoms with E-state index < -0.39 is 6.04 Å². The van der Waals surface area contributed by atoms with Crippen LogP contribution in [0.1, 0.15) is 60.8 Å². The summed E-state index contributed by atoms with van der Waals surface area (Å²) < 4.78 is 0. The van der Waals surface area contributed by atoms with Gasteiger partial charge in [-0.15, -0.1) is 0 Å². The number of aliphatic imine (C=N–C) groups is 1. The van der Waals surface area contributed by atoms with Gasteiger partial charge in [0.15, 0.2) is 6.29 Å². The van der Waals surface area contributed by atoms with Crippen LogP contribution < -0.4 is 5.32 Å². The number of amides is 2. The zero-order valence-corrected chi connectivity index (χ0v) is 16.5. The highest BCUT2D eigenvalue weighted by Crippen LogP contribution is 2.19. The molecule has 1 aliphatic heterocycles. The van der Waals surface area contributed by atoms with Gasteiger partial charge in [-0.2, -0.15) is 0 Å². The van der Waals surface area contributed by atoms with Gasteiger partial charge in [0.2, 0.25) is 11.8 Å². The second-order valence-electron chi connectivity index (χ2n) is 5.58. The zero-order valence-electron chi connectivity index (χ0n) is 16.5. The van der Waals surface area contributed by atoms with E-state index in [1.807, 2.05) is 27.7 Å². The molecule has 1 heterocycles. The first-order valence-corrected chi connectivity index (χ1v) is 8.79. The Morgan fingerprint density at radius 2 is 1.92 bits per heavy atom. The van der Waals surface area contributed by atoms with Gasteiger partial charge in [-0.3, -0.25) is 19.7 Å². The summed E-state index contributed by atoms with van der Waals surface area (Å²) in [6, 6.07) is -0.426. The number of carbonyl (C=O) groups is 3. The van der Waals surface area contributed by atoms with E-state index in [2.05, 4.69) is 10.3 Å². The SMILES string of the molecule is C/C=C(C=O)\C(N=C(C)N(C)C1CCC(=O)NC1=O)=C(\C)CC.CC. The number of rotatable bonds is 5. The number of hydrogen-bond donors (Lipinski definition) is 1. The number of carbonyl (C=O) groups excluding carboxylic acids is 3. The molecule has 6 heteroatoms. The first-order chi connectivity index (χ1) is 11.8. The predicted molar refractivity (Wildman–Crippen MR) is 101 cm³/mol. The molecule has 1 atom stereocenters. The molecule has 1 aliphatic rings. The van der Waals surface area contributed by atoms with E-state index in [1.165, 1.54) is 0 Å². The summed E-state index contributed by atoms with van der Waals surface area (Å²) >= 11 is 0. The summed E-state index contributed by atoms with van der Waals surface area (Å²) in [6.07, 6.45) is 4.07. The Morgan fingerprint density at radius 3 is 2.36 bits per heavy atom. The summed E-state index contributed by atoms with van der Waals surface area (Å²) in [6.45, 7) is 11.5. The van der Waals surface area contributed by atoms with E-state index in [4.69, 9.17) is 0 Å². The number of amidine groups is 1. The molecule has 1 fully saturated rings. The Morgan fingerprint density at radius 1 is 1.32 bits per heavy atom. The fourth-order valence-corrected chi connectivity index (χ4v) is 2.35. The second-order valence-corrected chi connectivity index (χ2v) is 5.58. The van der Waals surface area contributed by atoms with Crippen LogP contribution in [0.25, 0.3) is 0 Å². The van der Waals surface area contributed by atoms with Gasteiger partial charge in [0.05, 0.1) is 5.70 Å². The second kappa shape index (κ2) is 11.3. The summed E-state index contributed by atoms with van der Waals surface area (Å²) in [5, 5.41) is 2.34. The smallest absolute Gasteiger partial charge is 0.249 e. The van der Waals surface area contributed by atoms with Crippen LogP contribution >= 0.6 is 0 Å². The van der Waals surface area contributed by atoms with Gasteiger partial charge in [0.25, 0.3) is 0 Å². The molecule has 0 bridgehead atoms. The number of aldehydes is 1. The van der Waals surface area contributed by atoms with E-state index >= 15 is 0 Å². The average molecular weight is 349 g/mol. The van der Waals surface area contributed by atoms with Gasteiger partial charge in [-0.1, -0.05) is 26.8 Å². The highest BCUT2D eigenvalue weighted by Gasteiger charge is 2.30. The molecule has 0 saturated carbocycles. The first-order valence-electron chi connectivity index (χ1n) is 8.79. The van der Waals surface area contributed by atoms with Crippen LogP contribution in [0.5, 0.6) is 0 Å². The van der Waals surface area contributed by atoms with E-state index in [0.29, 0.717) is 29.9 Å². The van der Waals surface area contributed by atoms with Crippen molar-refractivity contribution in [3.63, 3.8) is 0 Å². The molecule has 1 rings (SSSR count). The molecule has 2 amide bonds. The summed E-state index contributed by atoms with van der Waals surface area (Å²) in [5.41, 5.74) is 2.17. The highest BCUT2D eigenvalue weighted by molar-refractivity contribution is 6.02. The van der Waals surface area contributed by atoms with Gasteiger partial charge in [0.1, 0.15) is 11.9 Å². The Kier molecular flexibility index (Phi) is 10.3. The Bertz CT molecular complexity index is 589. The minimum atomic E-state index is -0.426. The lowest BCUT2D eigenvalue weighted by atomic mass is 10.0. The molecular formula is C19H31N3O3. The van der Waals surface area contributed by atoms with E-state index in [1.54, 1.807) is 31.9 Å². The van der Waals surface area contributed by atoms with Gasteiger partial charge in [-0.05, 0) is 39.2 Å². The molecule has 0 aromatic carbocycles. The molecule has 1 N–H and O–H groups in total. The van der Waals surface area contributed by atoms with Crippen molar-refractivity contribution in [2.75, 3.05) is 7.05 Å². The van der Waals surface area contributed by atoms with E-state index in [9.17, 15) is 14.4 Å². The van der Waals surface area contributed by atoms with Crippen LogP contribution in [0.3, 0.4) is 0 Å². The quantitative estimate of drug-likeness (QED) is 0.207. The van der Waals surface area contributed by atoms with Crippen LogP contribution in [-0.2, 0) is 14.4 Å². The molecule has 0 radical (unpaired) electrons. The lowest BCUT2D eigenvalue weighted by molar-refractivity contribution is -0.136. The standard InChI is InChI=1S/C17H25N3O3.C2H6/c1-6-11(3)16(13(7-2)10-21)18-12(4)20(5)14-8-9-15(22)19-17(14)23;1-2/h7,10,14H,6,8-9H2,1-5H3,(H,19,22,23);1-2H3/b13-7-,16-11+,18-12?;. The van der Waals surface area contributed by atoms with Crippen LogP contribution in [-0.4, -0.2) is 41.9 Å². The number of nitrogens with zero attached hydrogens (tertiary/aromatic N) is 2. The van der Waals surface area contributed by atoms with Crippen molar-refractivity contribution in [3.05, 3.63) is 22.9 Å². The van der Waals surface area contributed by atoms with E-state index in [0.717, 1.165) is 18.3 Å². The predicted octanol–water partition coefficient (Wildman–Crippen LogP) is 3.00. The molecule has 6 nitrogen and oxygen atoms in total. The normalized spacial score (nSPS) is 19.4. The monoisotopic (exact) mass is 349 g/mol. The molecule has 0 aromatic heterocycles. The van der Waals surface area contributed by atoms with Gasteiger partial charge in [0, 0.05) is 19.0 Å². The lowest BCUT2D eigenvalue weighted by Crippen LogP contribution is -2.52. The molecule has 0 aliphatic carbocycles. The van der Waals surface area contributed by atoms with Crippen molar-refractivity contribution < 1.29 is 14.4 Å². The number of piperidine rings is 1. The van der Waals surface area contributed by atoms with Crippen molar-refractivity contribution in [2.24, 2.45) is 4.99 Å². The van der Waals surface area contributed by atoms with Crippen LogP contribution in [0.4, 0.5) is 0 Å². The number of nitrogens with one attached hydrogen (secondary N) is 1. The molecule has 0 spiro atoms. The minimum Gasteiger partial charge on any atom is -0.351 e. The maximum Gasteiger partial charge on any atom is 0.249 e. The third-order valence-electron chi connectivity index (χ3n) is 4.11. The van der Waals surface area contributed by atoms with Crippen molar-refractivity contribution in [1.82, 2.24) is 10.2 Å². The zero-order chi connectivity index (χ0) is 19.6. The first kappa shape index (κ1) is 22.8. The summed E-state index contributed by atoms with van der Waals surface area (Å²) in [4.78, 5) is 40.8. The maximum absolute atomic E-state index is 12.0. The van der Waals surface area contributed by atoms with Crippen molar-refractivity contribution >= 4 is 23.9 Å². The summed E-state index contributed by atoms with van der Waals surface area (Å²) in [5.74, 6) is 0.0787. The molecule has 25 heavy (non-hydrogen) atoms. The number of imide groups is 1. The number of hydrogen-bond acceptors (Lipinski definition) is 4. The van der Waals surface area contributed by atoms with Crippen molar-refractivity contribution in [2.45, 2.75) is 66.8 Å². The fourth-order valence-electron chi connectivity index (χ4n) is 2.35. The molecule has 0 aromatic rings. The van der Waals surface area contributed by atoms with Crippen LogP contribution in [0, 0.1) is 0 Å². The highest BCUT2D eigenvalue weighted by atomic mass is 16.2. The Hall–Kier alpha value is -2.24. The molecule has 1 saturated heterocycles. The minimum absolute atomic E-state index is 0.242. The van der Waals surface area contributed by atoms with Gasteiger partial charge < -0.3 is 4.90 Å². The average Bonchev–Trinajstić information content (AvgIpc) is 2.62. The van der Waals surface area contributed by atoms with Gasteiger partial charge >= 0.3 is 0 Å². The largest absolute Gasteiger partial charge is 0.351 e. The lowest BCUT2D eigenvalue weighted by Gasteiger charge is -2.31. The van der Waals surface area contributed by atoms with Crippen LogP contribution in [0.15, 0.2) is 27.9 Å². The third kappa shape index (κ3) is 6.29. The third-order valence-corrected chi connectivity index (χ3v) is 4.11. The number of likely N-dealkylation sites (N-methyl/N-ethyl adjacent to an activating group) is 1.